The zero-order valence-electron chi connectivity index (χ0n) is 9.93. The molecule has 0 bridgehead atoms. The quantitative estimate of drug-likeness (QED) is 0.832. The molecule has 0 saturated heterocycles. The van der Waals surface area contributed by atoms with Gasteiger partial charge in [0, 0.05) is 12.1 Å². The van der Waals surface area contributed by atoms with E-state index in [1.807, 2.05) is 20.8 Å². The highest BCUT2D eigenvalue weighted by molar-refractivity contribution is 5.48. The van der Waals surface area contributed by atoms with Crippen LogP contribution in [0.3, 0.4) is 0 Å². The van der Waals surface area contributed by atoms with Crippen molar-refractivity contribution in [3.8, 4) is 0 Å². The molecule has 0 spiro atoms. The molecule has 2 N–H and O–H groups in total. The van der Waals surface area contributed by atoms with Gasteiger partial charge in [0.25, 0.3) is 0 Å². The molecule has 0 saturated carbocycles. The molecule has 0 amide bonds. The Hall–Kier alpha value is -2.18. The van der Waals surface area contributed by atoms with Crippen molar-refractivity contribution in [3.63, 3.8) is 0 Å². The van der Waals surface area contributed by atoms with Crippen LogP contribution in [0.1, 0.15) is 19.6 Å². The molecular formula is C10H14N6O. The highest BCUT2D eigenvalue weighted by Gasteiger charge is 2.05. The zero-order chi connectivity index (χ0) is 12.3. The normalized spacial score (nSPS) is 10.6. The Morgan fingerprint density at radius 1 is 1.29 bits per heavy atom. The standard InChI is InChI=1S/C10H14N6O/c1-6(2)12-9-5-11-15-10(14-9)13-8-4-7(3)17-16-8/h4-6H,1-3H3,(H2,12,13,14,15,16). The summed E-state index contributed by atoms with van der Waals surface area (Å²) in [7, 11) is 0. The predicted molar refractivity (Wildman–Crippen MR) is 63.1 cm³/mol. The van der Waals surface area contributed by atoms with Crippen molar-refractivity contribution in [2.24, 2.45) is 0 Å². The third-order valence-corrected chi connectivity index (χ3v) is 1.86. The number of aromatic nitrogens is 4. The van der Waals surface area contributed by atoms with Crippen molar-refractivity contribution in [2.45, 2.75) is 26.8 Å². The third kappa shape index (κ3) is 3.13. The van der Waals surface area contributed by atoms with Gasteiger partial charge in [0.2, 0.25) is 5.95 Å². The van der Waals surface area contributed by atoms with Crippen molar-refractivity contribution < 1.29 is 4.52 Å². The summed E-state index contributed by atoms with van der Waals surface area (Å²) in [4.78, 5) is 4.24. The van der Waals surface area contributed by atoms with Crippen molar-refractivity contribution in [1.82, 2.24) is 20.3 Å². The van der Waals surface area contributed by atoms with Crippen molar-refractivity contribution in [3.05, 3.63) is 18.0 Å². The number of aryl methyl sites for hydroxylation is 1. The second-order valence-electron chi connectivity index (χ2n) is 3.91. The monoisotopic (exact) mass is 234 g/mol. The lowest BCUT2D eigenvalue weighted by atomic mass is 10.4. The molecule has 2 heterocycles. The Morgan fingerprint density at radius 3 is 2.76 bits per heavy atom. The lowest BCUT2D eigenvalue weighted by molar-refractivity contribution is 0.400. The average Bonchev–Trinajstić information content (AvgIpc) is 2.63. The van der Waals surface area contributed by atoms with Gasteiger partial charge in [0.1, 0.15) is 5.76 Å². The molecule has 7 nitrogen and oxygen atoms in total. The summed E-state index contributed by atoms with van der Waals surface area (Å²) in [6.07, 6.45) is 1.57. The number of nitrogens with zero attached hydrogens (tertiary/aromatic N) is 4. The van der Waals surface area contributed by atoms with Gasteiger partial charge >= 0.3 is 0 Å². The first-order chi connectivity index (χ1) is 8.13. The van der Waals surface area contributed by atoms with Crippen LogP contribution < -0.4 is 10.6 Å². The molecule has 0 aliphatic heterocycles. The maximum absolute atomic E-state index is 4.93. The summed E-state index contributed by atoms with van der Waals surface area (Å²) < 4.78 is 4.93. The molecule has 2 aromatic rings. The van der Waals surface area contributed by atoms with E-state index in [4.69, 9.17) is 4.52 Å². The molecule has 0 unspecified atom stereocenters. The van der Waals surface area contributed by atoms with Gasteiger partial charge in [-0.25, -0.2) is 0 Å². The first-order valence-electron chi connectivity index (χ1n) is 5.30. The SMILES string of the molecule is Cc1cc(Nc2nncc(NC(C)C)n2)no1. The van der Waals surface area contributed by atoms with Crippen molar-refractivity contribution >= 4 is 17.6 Å². The summed E-state index contributed by atoms with van der Waals surface area (Å²) in [6, 6.07) is 2.04. The smallest absolute Gasteiger partial charge is 0.250 e. The van der Waals surface area contributed by atoms with E-state index in [1.54, 1.807) is 12.3 Å². The van der Waals surface area contributed by atoms with Crippen LogP contribution in [0.4, 0.5) is 17.6 Å². The Morgan fingerprint density at radius 2 is 2.12 bits per heavy atom. The van der Waals surface area contributed by atoms with Crippen LogP contribution in [0.2, 0.25) is 0 Å². The number of hydrogen-bond donors (Lipinski definition) is 2. The van der Waals surface area contributed by atoms with Crippen LogP contribution in [-0.4, -0.2) is 26.4 Å². The number of anilines is 3. The highest BCUT2D eigenvalue weighted by Crippen LogP contribution is 2.13. The molecule has 17 heavy (non-hydrogen) atoms. The van der Waals surface area contributed by atoms with Gasteiger partial charge < -0.3 is 15.2 Å². The minimum atomic E-state index is 0.286. The van der Waals surface area contributed by atoms with Crippen LogP contribution in [0.5, 0.6) is 0 Å². The molecule has 90 valence electrons. The van der Waals surface area contributed by atoms with Crippen LogP contribution in [0.15, 0.2) is 16.8 Å². The maximum Gasteiger partial charge on any atom is 0.250 e. The molecule has 2 aromatic heterocycles. The minimum absolute atomic E-state index is 0.286. The van der Waals surface area contributed by atoms with Crippen LogP contribution >= 0.6 is 0 Å². The summed E-state index contributed by atoms with van der Waals surface area (Å²) in [5, 5.41) is 17.5. The van der Waals surface area contributed by atoms with E-state index in [0.717, 1.165) is 5.76 Å². The Balaban J connectivity index is 2.10. The van der Waals surface area contributed by atoms with Gasteiger partial charge in [-0.3, -0.25) is 0 Å². The summed E-state index contributed by atoms with van der Waals surface area (Å²) >= 11 is 0. The molecule has 0 aromatic carbocycles. The molecule has 0 atom stereocenters. The summed E-state index contributed by atoms with van der Waals surface area (Å²) in [6.45, 7) is 5.86. The Labute approximate surface area is 98.6 Å². The number of nitrogens with one attached hydrogen (secondary N) is 2. The number of hydrogen-bond acceptors (Lipinski definition) is 7. The zero-order valence-corrected chi connectivity index (χ0v) is 9.93. The van der Waals surface area contributed by atoms with Crippen LogP contribution in [-0.2, 0) is 0 Å². The average molecular weight is 234 g/mol. The summed E-state index contributed by atoms with van der Waals surface area (Å²) in [5.41, 5.74) is 0. The summed E-state index contributed by atoms with van der Waals surface area (Å²) in [5.74, 6) is 2.32. The molecule has 7 heteroatoms. The van der Waals surface area contributed by atoms with Gasteiger partial charge in [-0.2, -0.15) is 10.1 Å². The van der Waals surface area contributed by atoms with Crippen LogP contribution in [0, 0.1) is 6.92 Å². The van der Waals surface area contributed by atoms with E-state index in [1.165, 1.54) is 0 Å². The molecule has 0 aliphatic carbocycles. The predicted octanol–water partition coefficient (Wildman–Crippen LogP) is 1.73. The minimum Gasteiger partial charge on any atom is -0.366 e. The molecule has 0 radical (unpaired) electrons. The van der Waals surface area contributed by atoms with Crippen molar-refractivity contribution in [2.75, 3.05) is 10.6 Å². The van der Waals surface area contributed by atoms with Gasteiger partial charge in [-0.15, -0.1) is 5.10 Å². The lowest BCUT2D eigenvalue weighted by Gasteiger charge is -2.08. The fourth-order valence-corrected chi connectivity index (χ4v) is 1.26. The highest BCUT2D eigenvalue weighted by atomic mass is 16.5. The fraction of sp³-hybridized carbons (Fsp3) is 0.400. The molecular weight excluding hydrogens is 220 g/mol. The fourth-order valence-electron chi connectivity index (χ4n) is 1.26. The van der Waals surface area contributed by atoms with Crippen molar-refractivity contribution in [1.29, 1.82) is 0 Å². The topological polar surface area (TPSA) is 88.8 Å². The van der Waals surface area contributed by atoms with Gasteiger partial charge in [0.05, 0.1) is 6.20 Å². The van der Waals surface area contributed by atoms with Crippen LogP contribution in [0.25, 0.3) is 0 Å². The third-order valence-electron chi connectivity index (χ3n) is 1.86. The van der Waals surface area contributed by atoms with Gasteiger partial charge in [0.15, 0.2) is 11.6 Å². The number of rotatable bonds is 4. The largest absolute Gasteiger partial charge is 0.366 e. The van der Waals surface area contributed by atoms with E-state index in [0.29, 0.717) is 17.6 Å². The molecule has 0 fully saturated rings. The van der Waals surface area contributed by atoms with E-state index < -0.39 is 0 Å². The molecule has 0 aliphatic rings. The molecule has 2 rings (SSSR count). The van der Waals surface area contributed by atoms with E-state index >= 15 is 0 Å². The van der Waals surface area contributed by atoms with Gasteiger partial charge in [-0.1, -0.05) is 5.16 Å². The van der Waals surface area contributed by atoms with E-state index in [2.05, 4.69) is 31.0 Å². The first kappa shape index (κ1) is 11.3. The Bertz CT molecular complexity index is 495. The maximum atomic E-state index is 4.93. The lowest BCUT2D eigenvalue weighted by Crippen LogP contribution is -2.12. The Kier molecular flexibility index (Phi) is 3.17. The first-order valence-corrected chi connectivity index (χ1v) is 5.30. The second-order valence-corrected chi connectivity index (χ2v) is 3.91. The second kappa shape index (κ2) is 4.77. The van der Waals surface area contributed by atoms with E-state index in [-0.39, 0.29) is 6.04 Å². The van der Waals surface area contributed by atoms with E-state index in [9.17, 15) is 0 Å². The van der Waals surface area contributed by atoms with Gasteiger partial charge in [-0.05, 0) is 20.8 Å².